The average Bonchev–Trinajstić information content (AvgIpc) is 2.84. The molecule has 1 aromatic heterocycles. The number of rotatable bonds is 9. The molecule has 0 unspecified atom stereocenters. The maximum atomic E-state index is 14.5. The number of aliphatic imine (C=N–C) groups is 3. The highest BCUT2D eigenvalue weighted by Gasteiger charge is 2.14. The van der Waals surface area contributed by atoms with Crippen LogP contribution in [0.5, 0.6) is 0 Å². The van der Waals surface area contributed by atoms with E-state index in [-0.39, 0.29) is 5.56 Å². The first-order valence-corrected chi connectivity index (χ1v) is 10.5. The topological polar surface area (TPSA) is 62.0 Å². The van der Waals surface area contributed by atoms with Gasteiger partial charge < -0.3 is 5.32 Å². The molecule has 2 aromatic carbocycles. The van der Waals surface area contributed by atoms with Crippen LogP contribution in [0.4, 0.5) is 14.5 Å². The monoisotopic (exact) mass is 457 g/mol. The fourth-order valence-corrected chi connectivity index (χ4v) is 3.29. The molecule has 0 aliphatic rings. The summed E-state index contributed by atoms with van der Waals surface area (Å²) in [4.78, 5) is 17.3. The summed E-state index contributed by atoms with van der Waals surface area (Å²) in [6.45, 7) is 8.13. The summed E-state index contributed by atoms with van der Waals surface area (Å²) in [5.41, 5.74) is 3.69. The van der Waals surface area contributed by atoms with Crippen LogP contribution in [0.25, 0.3) is 11.1 Å². The SMILES string of the molecule is C=C/C=C(\C=NC)CN=C(NCc1ccccn1)c1cc(-c2ccc(F)cc2F)ccc1N=C. The number of allylic oxidation sites excluding steroid dienone is 2. The van der Waals surface area contributed by atoms with E-state index in [4.69, 9.17) is 4.99 Å². The van der Waals surface area contributed by atoms with Gasteiger partial charge in [0.2, 0.25) is 0 Å². The lowest BCUT2D eigenvalue weighted by Gasteiger charge is -2.15. The van der Waals surface area contributed by atoms with Crippen molar-refractivity contribution in [3.8, 4) is 11.1 Å². The molecule has 34 heavy (non-hydrogen) atoms. The summed E-state index contributed by atoms with van der Waals surface area (Å²) in [5.74, 6) is -0.762. The Balaban J connectivity index is 2.06. The predicted octanol–water partition coefficient (Wildman–Crippen LogP) is 5.71. The van der Waals surface area contributed by atoms with Gasteiger partial charge in [0, 0.05) is 36.7 Å². The zero-order valence-corrected chi connectivity index (χ0v) is 18.9. The molecule has 0 saturated heterocycles. The molecule has 3 aromatic rings. The van der Waals surface area contributed by atoms with Gasteiger partial charge in [-0.3, -0.25) is 20.0 Å². The van der Waals surface area contributed by atoms with Gasteiger partial charge in [0.05, 0.1) is 24.5 Å². The van der Waals surface area contributed by atoms with Gasteiger partial charge in [-0.15, -0.1) is 0 Å². The van der Waals surface area contributed by atoms with Crippen LogP contribution in [-0.4, -0.2) is 37.3 Å². The van der Waals surface area contributed by atoms with Crippen molar-refractivity contribution < 1.29 is 8.78 Å². The molecule has 0 saturated carbocycles. The number of benzene rings is 2. The van der Waals surface area contributed by atoms with E-state index in [1.807, 2.05) is 24.3 Å². The molecule has 0 spiro atoms. The second-order valence-corrected chi connectivity index (χ2v) is 7.22. The van der Waals surface area contributed by atoms with Gasteiger partial charge in [-0.05, 0) is 54.3 Å². The molecule has 7 heteroatoms. The first-order valence-electron chi connectivity index (χ1n) is 10.5. The van der Waals surface area contributed by atoms with Gasteiger partial charge in [-0.2, -0.15) is 0 Å². The van der Waals surface area contributed by atoms with Crippen LogP contribution in [0.1, 0.15) is 11.3 Å². The Bertz CT molecular complexity index is 1250. The Labute approximate surface area is 198 Å². The Morgan fingerprint density at radius 1 is 1.12 bits per heavy atom. The van der Waals surface area contributed by atoms with Crippen molar-refractivity contribution in [1.29, 1.82) is 0 Å². The second kappa shape index (κ2) is 12.1. The van der Waals surface area contributed by atoms with Gasteiger partial charge in [0.25, 0.3) is 0 Å². The van der Waals surface area contributed by atoms with Crippen molar-refractivity contribution in [2.45, 2.75) is 6.54 Å². The third-order valence-corrected chi connectivity index (χ3v) is 4.87. The summed E-state index contributed by atoms with van der Waals surface area (Å²) < 4.78 is 27.9. The number of nitrogens with zero attached hydrogens (tertiary/aromatic N) is 4. The minimum absolute atomic E-state index is 0.271. The van der Waals surface area contributed by atoms with Crippen molar-refractivity contribution in [3.63, 3.8) is 0 Å². The lowest BCUT2D eigenvalue weighted by molar-refractivity contribution is 0.585. The van der Waals surface area contributed by atoms with Gasteiger partial charge in [-0.25, -0.2) is 8.78 Å². The van der Waals surface area contributed by atoms with Crippen molar-refractivity contribution >= 4 is 24.5 Å². The van der Waals surface area contributed by atoms with E-state index in [1.54, 1.807) is 43.7 Å². The molecular weight excluding hydrogens is 432 g/mol. The molecule has 1 heterocycles. The van der Waals surface area contributed by atoms with Crippen LogP contribution in [0.2, 0.25) is 0 Å². The Kier molecular flexibility index (Phi) is 8.68. The lowest BCUT2D eigenvalue weighted by Crippen LogP contribution is -2.25. The number of pyridine rings is 1. The van der Waals surface area contributed by atoms with Gasteiger partial charge in [-0.1, -0.05) is 30.9 Å². The molecule has 0 aliphatic heterocycles. The predicted molar refractivity (Wildman–Crippen MR) is 136 cm³/mol. The lowest BCUT2D eigenvalue weighted by atomic mass is 10.0. The van der Waals surface area contributed by atoms with Crippen LogP contribution in [0, 0.1) is 11.6 Å². The maximum Gasteiger partial charge on any atom is 0.133 e. The van der Waals surface area contributed by atoms with Crippen molar-refractivity contribution in [2.24, 2.45) is 15.0 Å². The fourth-order valence-electron chi connectivity index (χ4n) is 3.29. The molecule has 0 radical (unpaired) electrons. The van der Waals surface area contributed by atoms with Crippen LogP contribution in [0.3, 0.4) is 0 Å². The number of hydrogen-bond donors (Lipinski definition) is 1. The summed E-state index contributed by atoms with van der Waals surface area (Å²) in [5, 5.41) is 3.32. The normalized spacial score (nSPS) is 12.1. The number of amidine groups is 1. The Hall–Kier alpha value is -4.26. The quantitative estimate of drug-likeness (QED) is 0.254. The van der Waals surface area contributed by atoms with Gasteiger partial charge in [0.1, 0.15) is 17.5 Å². The molecule has 0 atom stereocenters. The first kappa shape index (κ1) is 24.4. The molecule has 3 rings (SSSR count). The van der Waals surface area contributed by atoms with E-state index in [1.165, 1.54) is 12.1 Å². The van der Waals surface area contributed by atoms with Crippen LogP contribution >= 0.6 is 0 Å². The van der Waals surface area contributed by atoms with Crippen LogP contribution in [-0.2, 0) is 6.54 Å². The van der Waals surface area contributed by atoms with Crippen LogP contribution < -0.4 is 5.32 Å². The minimum Gasteiger partial charge on any atom is -0.364 e. The maximum absolute atomic E-state index is 14.5. The Morgan fingerprint density at radius 3 is 2.65 bits per heavy atom. The van der Waals surface area contributed by atoms with E-state index in [0.717, 1.165) is 17.3 Å². The Morgan fingerprint density at radius 2 is 1.97 bits per heavy atom. The minimum atomic E-state index is -0.652. The second-order valence-electron chi connectivity index (χ2n) is 7.22. The molecule has 1 N–H and O–H groups in total. The largest absolute Gasteiger partial charge is 0.364 e. The summed E-state index contributed by atoms with van der Waals surface area (Å²) >= 11 is 0. The number of hydrogen-bond acceptors (Lipinski definition) is 4. The fraction of sp³-hybridized carbons (Fsp3) is 0.111. The number of nitrogens with one attached hydrogen (secondary N) is 1. The molecule has 0 bridgehead atoms. The standard InChI is InChI=1S/C27H25F2N5/c1-4-7-19(16-30-2)17-33-27(34-18-22-8-5-6-13-32-22)24-14-20(9-12-26(24)31-3)23-11-10-21(28)15-25(23)29/h4-16H,1,3,17-18H2,2H3,(H,33,34)/b19-7+,30-16?. The molecule has 0 aliphatic carbocycles. The summed E-state index contributed by atoms with van der Waals surface area (Å²) in [6, 6.07) is 14.3. The third kappa shape index (κ3) is 6.38. The van der Waals surface area contributed by atoms with E-state index >= 15 is 0 Å². The van der Waals surface area contributed by atoms with E-state index in [2.05, 4.69) is 33.6 Å². The van der Waals surface area contributed by atoms with Gasteiger partial charge in [0.15, 0.2) is 0 Å². The highest BCUT2D eigenvalue weighted by Crippen LogP contribution is 2.29. The molecule has 5 nitrogen and oxygen atoms in total. The zero-order chi connectivity index (χ0) is 24.3. The summed E-state index contributed by atoms with van der Waals surface area (Å²) in [7, 11) is 1.68. The highest BCUT2D eigenvalue weighted by molar-refractivity contribution is 6.04. The smallest absolute Gasteiger partial charge is 0.133 e. The highest BCUT2D eigenvalue weighted by atomic mass is 19.1. The van der Waals surface area contributed by atoms with E-state index < -0.39 is 11.6 Å². The number of halogens is 2. The van der Waals surface area contributed by atoms with Crippen molar-refractivity contribution in [1.82, 2.24) is 10.3 Å². The third-order valence-electron chi connectivity index (χ3n) is 4.87. The average molecular weight is 458 g/mol. The molecular formula is C27H25F2N5. The number of aromatic nitrogens is 1. The first-order chi connectivity index (χ1) is 16.5. The summed E-state index contributed by atoms with van der Waals surface area (Å²) in [6.07, 6.45) is 6.91. The van der Waals surface area contributed by atoms with E-state index in [9.17, 15) is 8.78 Å². The molecule has 0 fully saturated rings. The van der Waals surface area contributed by atoms with Crippen molar-refractivity contribution in [3.05, 3.63) is 108 Å². The zero-order valence-electron chi connectivity index (χ0n) is 18.9. The van der Waals surface area contributed by atoms with E-state index in [0.29, 0.717) is 35.7 Å². The van der Waals surface area contributed by atoms with Crippen LogP contribution in [0.15, 0.2) is 100 Å². The van der Waals surface area contributed by atoms with Crippen molar-refractivity contribution in [2.75, 3.05) is 13.6 Å². The van der Waals surface area contributed by atoms with Gasteiger partial charge >= 0.3 is 0 Å². The molecule has 172 valence electrons. The molecule has 0 amide bonds.